The summed E-state index contributed by atoms with van der Waals surface area (Å²) in [4.78, 5) is 3.24. The lowest BCUT2D eigenvalue weighted by atomic mass is 9.88. The smallest absolute Gasteiger partial charge is 0.0457 e. The van der Waals surface area contributed by atoms with Crippen molar-refractivity contribution in [3.8, 4) is 0 Å². The zero-order valence-electron chi connectivity index (χ0n) is 11.9. The van der Waals surface area contributed by atoms with Gasteiger partial charge >= 0.3 is 0 Å². The van der Waals surface area contributed by atoms with Gasteiger partial charge in [0.25, 0.3) is 0 Å². The summed E-state index contributed by atoms with van der Waals surface area (Å²) in [6.07, 6.45) is 3.91. The van der Waals surface area contributed by atoms with Gasteiger partial charge in [-0.3, -0.25) is 0 Å². The van der Waals surface area contributed by atoms with Crippen LogP contribution >= 0.6 is 0 Å². The van der Waals surface area contributed by atoms with Crippen molar-refractivity contribution in [2.45, 2.75) is 33.2 Å². The number of aliphatic hydroxyl groups excluding tert-OH is 1. The molecule has 0 fully saturated rings. The quantitative estimate of drug-likeness (QED) is 0.716. The van der Waals surface area contributed by atoms with Crippen molar-refractivity contribution in [3.63, 3.8) is 0 Å². The predicted molar refractivity (Wildman–Crippen MR) is 80.1 cm³/mol. The maximum atomic E-state index is 8.90. The summed E-state index contributed by atoms with van der Waals surface area (Å²) in [5.74, 6) is 0. The number of fused-ring (bicyclic) bond motifs is 1. The highest BCUT2D eigenvalue weighted by Crippen LogP contribution is 2.22. The second-order valence-corrected chi connectivity index (χ2v) is 5.95. The molecule has 0 saturated carbocycles. The van der Waals surface area contributed by atoms with Crippen molar-refractivity contribution in [2.75, 3.05) is 13.2 Å². The summed E-state index contributed by atoms with van der Waals surface area (Å²) >= 11 is 0. The van der Waals surface area contributed by atoms with E-state index in [1.807, 2.05) is 6.20 Å². The number of nitrogens with one attached hydrogen (secondary N) is 2. The molecular formula is C16H24N2O. The fourth-order valence-corrected chi connectivity index (χ4v) is 2.49. The molecule has 0 saturated heterocycles. The number of hydrogen-bond donors (Lipinski definition) is 3. The van der Waals surface area contributed by atoms with Crippen LogP contribution in [-0.2, 0) is 6.54 Å². The van der Waals surface area contributed by atoms with Gasteiger partial charge < -0.3 is 15.4 Å². The Hall–Kier alpha value is -1.32. The first-order valence-corrected chi connectivity index (χ1v) is 6.99. The third-order valence-corrected chi connectivity index (χ3v) is 3.62. The molecule has 2 rings (SSSR count). The van der Waals surface area contributed by atoms with Gasteiger partial charge in [0.2, 0.25) is 0 Å². The first kappa shape index (κ1) is 14.1. The minimum Gasteiger partial charge on any atom is -0.396 e. The second kappa shape index (κ2) is 6.22. The Kier molecular flexibility index (Phi) is 4.61. The van der Waals surface area contributed by atoms with Gasteiger partial charge in [-0.15, -0.1) is 0 Å². The van der Waals surface area contributed by atoms with E-state index in [4.69, 9.17) is 5.11 Å². The maximum absolute atomic E-state index is 8.90. The molecule has 0 unspecified atom stereocenters. The van der Waals surface area contributed by atoms with E-state index in [0.717, 1.165) is 25.9 Å². The fourth-order valence-electron chi connectivity index (χ4n) is 2.49. The molecule has 2 aromatic rings. The van der Waals surface area contributed by atoms with Crippen LogP contribution in [-0.4, -0.2) is 23.2 Å². The molecule has 0 bridgehead atoms. The van der Waals surface area contributed by atoms with Crippen LogP contribution in [0.3, 0.4) is 0 Å². The van der Waals surface area contributed by atoms with Gasteiger partial charge in [0.1, 0.15) is 0 Å². The summed E-state index contributed by atoms with van der Waals surface area (Å²) < 4.78 is 0. The minimum atomic E-state index is 0.231. The fraction of sp³-hybridized carbons (Fsp3) is 0.500. The second-order valence-electron chi connectivity index (χ2n) is 5.95. The van der Waals surface area contributed by atoms with Crippen molar-refractivity contribution in [2.24, 2.45) is 5.41 Å². The Bertz CT molecular complexity index is 516. The molecule has 3 N–H and O–H groups in total. The molecule has 0 atom stereocenters. The van der Waals surface area contributed by atoms with Crippen LogP contribution in [0.25, 0.3) is 10.9 Å². The number of H-pyrrole nitrogens is 1. The molecule has 0 aliphatic carbocycles. The molecule has 3 nitrogen and oxygen atoms in total. The summed E-state index contributed by atoms with van der Waals surface area (Å²) in [5, 5.41) is 13.7. The van der Waals surface area contributed by atoms with Crippen LogP contribution in [0.4, 0.5) is 0 Å². The molecule has 0 amide bonds. The van der Waals surface area contributed by atoms with Crippen molar-refractivity contribution in [3.05, 3.63) is 36.0 Å². The molecule has 1 aromatic heterocycles. The molecule has 3 heteroatoms. The standard InChI is InChI=1S/C16H24N2O/c1-16(2,8-4-10-19)12-17-11-13-5-3-6-15-14(13)7-9-18-15/h3,5-7,9,17-19H,4,8,10-12H2,1-2H3. The number of hydrogen-bond acceptors (Lipinski definition) is 2. The summed E-state index contributed by atoms with van der Waals surface area (Å²) in [7, 11) is 0. The summed E-state index contributed by atoms with van der Waals surface area (Å²) in [6.45, 7) is 6.62. The molecule has 1 aromatic carbocycles. The van der Waals surface area contributed by atoms with Crippen LogP contribution in [0.5, 0.6) is 0 Å². The van der Waals surface area contributed by atoms with Crippen molar-refractivity contribution >= 4 is 10.9 Å². The lowest BCUT2D eigenvalue weighted by Crippen LogP contribution is -2.29. The van der Waals surface area contributed by atoms with E-state index < -0.39 is 0 Å². The first-order valence-electron chi connectivity index (χ1n) is 6.99. The molecule has 19 heavy (non-hydrogen) atoms. The van der Waals surface area contributed by atoms with Crippen molar-refractivity contribution < 1.29 is 5.11 Å². The molecular weight excluding hydrogens is 236 g/mol. The van der Waals surface area contributed by atoms with E-state index in [2.05, 4.69) is 48.4 Å². The highest BCUT2D eigenvalue weighted by Gasteiger charge is 2.16. The third-order valence-electron chi connectivity index (χ3n) is 3.62. The average Bonchev–Trinajstić information content (AvgIpc) is 2.85. The van der Waals surface area contributed by atoms with Gasteiger partial charge in [0.15, 0.2) is 0 Å². The molecule has 104 valence electrons. The number of aromatic nitrogens is 1. The number of rotatable bonds is 7. The highest BCUT2D eigenvalue weighted by molar-refractivity contribution is 5.82. The van der Waals surface area contributed by atoms with Crippen LogP contribution in [0.15, 0.2) is 30.5 Å². The van der Waals surface area contributed by atoms with E-state index in [9.17, 15) is 0 Å². The Morgan fingerprint density at radius 1 is 1.26 bits per heavy atom. The van der Waals surface area contributed by atoms with Crippen molar-refractivity contribution in [1.82, 2.24) is 10.3 Å². The summed E-state index contributed by atoms with van der Waals surface area (Å²) in [6, 6.07) is 8.49. The van der Waals surface area contributed by atoms with Gasteiger partial charge in [0.05, 0.1) is 0 Å². The lowest BCUT2D eigenvalue weighted by molar-refractivity contribution is 0.236. The lowest BCUT2D eigenvalue weighted by Gasteiger charge is -2.24. The Balaban J connectivity index is 1.90. The summed E-state index contributed by atoms with van der Waals surface area (Å²) in [5.41, 5.74) is 2.75. The first-order chi connectivity index (χ1) is 9.12. The van der Waals surface area contributed by atoms with Gasteiger partial charge in [-0.25, -0.2) is 0 Å². The van der Waals surface area contributed by atoms with E-state index in [0.29, 0.717) is 0 Å². The van der Waals surface area contributed by atoms with Crippen LogP contribution in [0, 0.1) is 5.41 Å². The van der Waals surface area contributed by atoms with E-state index in [-0.39, 0.29) is 12.0 Å². The molecule has 0 spiro atoms. The molecule has 0 aliphatic heterocycles. The highest BCUT2D eigenvalue weighted by atomic mass is 16.2. The Labute approximate surface area is 115 Å². The minimum absolute atomic E-state index is 0.231. The molecule has 1 heterocycles. The van der Waals surface area contributed by atoms with Crippen LogP contribution < -0.4 is 5.32 Å². The van der Waals surface area contributed by atoms with Crippen LogP contribution in [0.2, 0.25) is 0 Å². The Morgan fingerprint density at radius 2 is 2.11 bits per heavy atom. The van der Waals surface area contributed by atoms with Gasteiger partial charge in [-0.05, 0) is 36.0 Å². The Morgan fingerprint density at radius 3 is 2.89 bits per heavy atom. The van der Waals surface area contributed by atoms with Gasteiger partial charge in [-0.1, -0.05) is 26.0 Å². The SMILES string of the molecule is CC(C)(CCCO)CNCc1cccc2[nH]ccc12. The molecule has 0 aliphatic rings. The van der Waals surface area contributed by atoms with Crippen LogP contribution in [0.1, 0.15) is 32.3 Å². The zero-order chi connectivity index (χ0) is 13.7. The van der Waals surface area contributed by atoms with E-state index >= 15 is 0 Å². The maximum Gasteiger partial charge on any atom is 0.0457 e. The zero-order valence-corrected chi connectivity index (χ0v) is 11.9. The monoisotopic (exact) mass is 260 g/mol. The van der Waals surface area contributed by atoms with E-state index in [1.54, 1.807) is 0 Å². The number of benzene rings is 1. The largest absolute Gasteiger partial charge is 0.396 e. The normalized spacial score (nSPS) is 12.2. The van der Waals surface area contributed by atoms with Gasteiger partial charge in [-0.2, -0.15) is 0 Å². The third kappa shape index (κ3) is 3.82. The van der Waals surface area contributed by atoms with Gasteiger partial charge in [0, 0.05) is 36.8 Å². The predicted octanol–water partition coefficient (Wildman–Crippen LogP) is 3.06. The molecule has 0 radical (unpaired) electrons. The van der Waals surface area contributed by atoms with Crippen molar-refractivity contribution in [1.29, 1.82) is 0 Å². The number of aromatic amines is 1. The number of aliphatic hydroxyl groups is 1. The van der Waals surface area contributed by atoms with E-state index in [1.165, 1.54) is 16.5 Å². The average molecular weight is 260 g/mol. The topological polar surface area (TPSA) is 48.0 Å².